The van der Waals surface area contributed by atoms with E-state index in [2.05, 4.69) is 12.2 Å². The minimum atomic E-state index is -0.397. The van der Waals surface area contributed by atoms with Gasteiger partial charge in [-0.3, -0.25) is 4.79 Å². The predicted octanol–water partition coefficient (Wildman–Crippen LogP) is 2.55. The average Bonchev–Trinajstić information content (AvgIpc) is 2.97. The van der Waals surface area contributed by atoms with Crippen LogP contribution < -0.4 is 5.32 Å². The Labute approximate surface area is 143 Å². The first-order chi connectivity index (χ1) is 11.6. The number of nitrogens with one attached hydrogen (secondary N) is 1. The molecule has 132 valence electrons. The molecule has 0 spiro atoms. The molecule has 1 aromatic rings. The van der Waals surface area contributed by atoms with Crippen LogP contribution in [0.4, 0.5) is 4.39 Å². The number of benzene rings is 1. The van der Waals surface area contributed by atoms with Gasteiger partial charge < -0.3 is 15.0 Å². The number of carbonyl (C=O) groups is 1. The highest BCUT2D eigenvalue weighted by Gasteiger charge is 2.45. The monoisotopic (exact) mass is 334 g/mol. The maximum atomic E-state index is 13.3. The van der Waals surface area contributed by atoms with Crippen molar-refractivity contribution in [2.24, 2.45) is 5.41 Å². The Morgan fingerprint density at radius 2 is 2.00 bits per heavy atom. The number of carbonyl (C=O) groups excluding carboxylic acids is 1. The predicted molar refractivity (Wildman–Crippen MR) is 91.3 cm³/mol. The molecular formula is C19H27FN2O2. The number of ether oxygens (including phenoxy) is 1. The van der Waals surface area contributed by atoms with Crippen LogP contribution in [0.3, 0.4) is 0 Å². The topological polar surface area (TPSA) is 41.6 Å². The van der Waals surface area contributed by atoms with E-state index >= 15 is 0 Å². The summed E-state index contributed by atoms with van der Waals surface area (Å²) in [7, 11) is 1.67. The zero-order chi connectivity index (χ0) is 17.2. The molecule has 0 radical (unpaired) electrons. The van der Waals surface area contributed by atoms with Gasteiger partial charge in [-0.2, -0.15) is 0 Å². The van der Waals surface area contributed by atoms with E-state index in [0.717, 1.165) is 37.9 Å². The van der Waals surface area contributed by atoms with E-state index in [-0.39, 0.29) is 23.7 Å². The fraction of sp³-hybridized carbons (Fsp3) is 0.632. The summed E-state index contributed by atoms with van der Waals surface area (Å²) in [4.78, 5) is 15.3. The molecule has 1 N–H and O–H groups in total. The zero-order valence-corrected chi connectivity index (χ0v) is 14.6. The van der Waals surface area contributed by atoms with Crippen LogP contribution in [0.25, 0.3) is 0 Å². The molecule has 2 aliphatic rings. The summed E-state index contributed by atoms with van der Waals surface area (Å²) in [6.45, 7) is 5.03. The van der Waals surface area contributed by atoms with Gasteiger partial charge in [-0.25, -0.2) is 4.39 Å². The number of hydrogen-bond donors (Lipinski definition) is 1. The molecule has 1 amide bonds. The van der Waals surface area contributed by atoms with Gasteiger partial charge in [0.05, 0.1) is 12.0 Å². The molecule has 0 bridgehead atoms. The largest absolute Gasteiger partial charge is 0.384 e. The minimum absolute atomic E-state index is 0.205. The van der Waals surface area contributed by atoms with E-state index in [9.17, 15) is 9.18 Å². The fourth-order valence-corrected chi connectivity index (χ4v) is 4.20. The maximum Gasteiger partial charge on any atom is 0.231 e. The third-order valence-corrected chi connectivity index (χ3v) is 5.61. The third-order valence-electron chi connectivity index (χ3n) is 5.61. The van der Waals surface area contributed by atoms with Gasteiger partial charge in [0, 0.05) is 25.6 Å². The van der Waals surface area contributed by atoms with Gasteiger partial charge in [-0.15, -0.1) is 0 Å². The summed E-state index contributed by atoms with van der Waals surface area (Å²) in [5.74, 6) is 0.292. The molecule has 2 unspecified atom stereocenters. The van der Waals surface area contributed by atoms with E-state index in [1.165, 1.54) is 12.1 Å². The van der Waals surface area contributed by atoms with Crippen LogP contribution in [0, 0.1) is 11.2 Å². The van der Waals surface area contributed by atoms with Gasteiger partial charge in [-0.05, 0) is 57.0 Å². The number of methoxy groups -OCH3 is 1. The van der Waals surface area contributed by atoms with Gasteiger partial charge >= 0.3 is 0 Å². The summed E-state index contributed by atoms with van der Waals surface area (Å²) < 4.78 is 18.6. The molecule has 24 heavy (non-hydrogen) atoms. The van der Waals surface area contributed by atoms with Crippen LogP contribution in [0.2, 0.25) is 0 Å². The van der Waals surface area contributed by atoms with Gasteiger partial charge in [-0.1, -0.05) is 12.1 Å². The van der Waals surface area contributed by atoms with Crippen LogP contribution in [0.5, 0.6) is 0 Å². The molecule has 0 saturated carbocycles. The van der Waals surface area contributed by atoms with Crippen molar-refractivity contribution in [2.75, 3.05) is 33.4 Å². The molecule has 3 rings (SSSR count). The molecule has 2 saturated heterocycles. The van der Waals surface area contributed by atoms with Gasteiger partial charge in [0.2, 0.25) is 5.91 Å². The lowest BCUT2D eigenvalue weighted by atomic mass is 9.78. The van der Waals surface area contributed by atoms with Crippen molar-refractivity contribution in [2.45, 2.75) is 38.1 Å². The van der Waals surface area contributed by atoms with Crippen LogP contribution in [0.15, 0.2) is 24.3 Å². The van der Waals surface area contributed by atoms with Gasteiger partial charge in [0.25, 0.3) is 0 Å². The maximum absolute atomic E-state index is 13.3. The summed E-state index contributed by atoms with van der Waals surface area (Å²) in [6.07, 6.45) is 2.58. The normalized spacial score (nSPS) is 26.5. The molecule has 0 aromatic heterocycles. The fourth-order valence-electron chi connectivity index (χ4n) is 4.20. The third kappa shape index (κ3) is 3.33. The van der Waals surface area contributed by atoms with Crippen LogP contribution >= 0.6 is 0 Å². The number of nitrogens with zero attached hydrogens (tertiary/aromatic N) is 1. The number of hydrogen-bond acceptors (Lipinski definition) is 3. The molecule has 1 aromatic carbocycles. The van der Waals surface area contributed by atoms with E-state index in [0.29, 0.717) is 13.2 Å². The van der Waals surface area contributed by atoms with Gasteiger partial charge in [0.15, 0.2) is 0 Å². The minimum Gasteiger partial charge on any atom is -0.384 e. The number of amides is 1. The highest BCUT2D eigenvalue weighted by molar-refractivity contribution is 5.83. The van der Waals surface area contributed by atoms with Crippen LogP contribution in [-0.2, 0) is 9.53 Å². The van der Waals surface area contributed by atoms with Crippen molar-refractivity contribution < 1.29 is 13.9 Å². The van der Waals surface area contributed by atoms with E-state index in [1.807, 2.05) is 17.0 Å². The second-order valence-electron chi connectivity index (χ2n) is 7.25. The van der Waals surface area contributed by atoms with E-state index < -0.39 is 5.41 Å². The molecule has 2 heterocycles. The molecule has 2 aliphatic heterocycles. The summed E-state index contributed by atoms with van der Waals surface area (Å²) >= 11 is 0. The quantitative estimate of drug-likeness (QED) is 0.920. The number of piperidine rings is 1. The second kappa shape index (κ2) is 7.19. The molecule has 0 aliphatic carbocycles. The van der Waals surface area contributed by atoms with Crippen molar-refractivity contribution in [1.82, 2.24) is 10.2 Å². The lowest BCUT2D eigenvalue weighted by Gasteiger charge is -2.39. The molecule has 5 heteroatoms. The SMILES string of the molecule is COCC1(C(=O)N2CC(c3ccc(F)cc3)CC2C)CCNCC1. The Balaban J connectivity index is 1.75. The molecule has 2 atom stereocenters. The Kier molecular flexibility index (Phi) is 5.21. The second-order valence-corrected chi connectivity index (χ2v) is 7.25. The van der Waals surface area contributed by atoms with Crippen molar-refractivity contribution in [1.29, 1.82) is 0 Å². The summed E-state index contributed by atoms with van der Waals surface area (Å²) in [5, 5.41) is 3.33. The zero-order valence-electron chi connectivity index (χ0n) is 14.6. The first kappa shape index (κ1) is 17.4. The average molecular weight is 334 g/mol. The van der Waals surface area contributed by atoms with Crippen molar-refractivity contribution in [3.8, 4) is 0 Å². The molecular weight excluding hydrogens is 307 g/mol. The summed E-state index contributed by atoms with van der Waals surface area (Å²) in [6, 6.07) is 6.90. The summed E-state index contributed by atoms with van der Waals surface area (Å²) in [5.41, 5.74) is 0.719. The van der Waals surface area contributed by atoms with E-state index in [4.69, 9.17) is 4.74 Å². The van der Waals surface area contributed by atoms with E-state index in [1.54, 1.807) is 7.11 Å². The highest BCUT2D eigenvalue weighted by atomic mass is 19.1. The van der Waals surface area contributed by atoms with Crippen molar-refractivity contribution >= 4 is 5.91 Å². The molecule has 4 nitrogen and oxygen atoms in total. The van der Waals surface area contributed by atoms with Crippen LogP contribution in [0.1, 0.15) is 37.7 Å². The first-order valence-electron chi connectivity index (χ1n) is 8.82. The molecule has 2 fully saturated rings. The Bertz CT molecular complexity index is 564. The highest BCUT2D eigenvalue weighted by Crippen LogP contribution is 2.38. The lowest BCUT2D eigenvalue weighted by Crippen LogP contribution is -2.52. The van der Waals surface area contributed by atoms with Crippen molar-refractivity contribution in [3.05, 3.63) is 35.6 Å². The number of likely N-dealkylation sites (tertiary alicyclic amines) is 1. The Hall–Kier alpha value is -1.46. The Morgan fingerprint density at radius 1 is 1.33 bits per heavy atom. The number of rotatable bonds is 4. The van der Waals surface area contributed by atoms with Gasteiger partial charge in [0.1, 0.15) is 5.82 Å². The lowest BCUT2D eigenvalue weighted by molar-refractivity contribution is -0.148. The Morgan fingerprint density at radius 3 is 2.62 bits per heavy atom. The smallest absolute Gasteiger partial charge is 0.231 e. The first-order valence-corrected chi connectivity index (χ1v) is 8.82. The number of halogens is 1. The standard InChI is InChI=1S/C19H27FN2O2/c1-14-11-16(15-3-5-17(20)6-4-15)12-22(14)18(23)19(13-24-2)7-9-21-10-8-19/h3-6,14,16,21H,7-13H2,1-2H3. The van der Waals surface area contributed by atoms with Crippen LogP contribution in [-0.4, -0.2) is 50.2 Å². The van der Waals surface area contributed by atoms with Crippen molar-refractivity contribution in [3.63, 3.8) is 0 Å².